The maximum Gasteiger partial charge on any atom is 0.300 e. The first-order valence-corrected chi connectivity index (χ1v) is 11.3. The summed E-state index contributed by atoms with van der Waals surface area (Å²) in [6, 6.07) is 17.0. The van der Waals surface area contributed by atoms with E-state index < -0.39 is 17.7 Å². The number of carbonyl (C=O) groups is 2. The minimum absolute atomic E-state index is 0.0209. The zero-order valence-corrected chi connectivity index (χ0v) is 19.5. The third-order valence-corrected chi connectivity index (χ3v) is 5.90. The number of ether oxygens (including phenoxy) is 1. The van der Waals surface area contributed by atoms with Gasteiger partial charge >= 0.3 is 0 Å². The summed E-state index contributed by atoms with van der Waals surface area (Å²) in [5, 5.41) is 21.8. The van der Waals surface area contributed by atoms with Gasteiger partial charge in [0.25, 0.3) is 11.7 Å². The number of phenolic OH excluding ortho intramolecular Hbond substituents is 1. The van der Waals surface area contributed by atoms with Gasteiger partial charge in [-0.3, -0.25) is 14.5 Å². The molecule has 1 saturated heterocycles. The van der Waals surface area contributed by atoms with Crippen LogP contribution in [0.15, 0.2) is 72.3 Å². The van der Waals surface area contributed by atoms with Gasteiger partial charge in [-0.15, -0.1) is 0 Å². The van der Waals surface area contributed by atoms with E-state index in [-0.39, 0.29) is 17.1 Å². The van der Waals surface area contributed by atoms with Gasteiger partial charge in [-0.25, -0.2) is 0 Å². The monoisotopic (exact) mass is 477 g/mol. The van der Waals surface area contributed by atoms with Crippen LogP contribution in [0.2, 0.25) is 5.02 Å². The van der Waals surface area contributed by atoms with Crippen molar-refractivity contribution in [1.82, 2.24) is 0 Å². The molecule has 3 aromatic carbocycles. The molecule has 3 aromatic rings. The van der Waals surface area contributed by atoms with Crippen LogP contribution in [0.25, 0.3) is 5.76 Å². The largest absolute Gasteiger partial charge is 0.508 e. The minimum Gasteiger partial charge on any atom is -0.508 e. The molecule has 1 aliphatic rings. The highest BCUT2D eigenvalue weighted by Crippen LogP contribution is 2.43. The number of phenols is 1. The van der Waals surface area contributed by atoms with Gasteiger partial charge in [-0.1, -0.05) is 30.7 Å². The lowest BCUT2D eigenvalue weighted by Gasteiger charge is -2.25. The molecule has 1 fully saturated rings. The number of amides is 1. The summed E-state index contributed by atoms with van der Waals surface area (Å²) >= 11 is 6.01. The van der Waals surface area contributed by atoms with E-state index >= 15 is 0 Å². The van der Waals surface area contributed by atoms with Crippen LogP contribution in [0.4, 0.5) is 5.69 Å². The molecule has 0 radical (unpaired) electrons. The number of benzene rings is 3. The summed E-state index contributed by atoms with van der Waals surface area (Å²) in [5.74, 6) is -1.23. The van der Waals surface area contributed by atoms with Crippen LogP contribution in [-0.4, -0.2) is 28.5 Å². The summed E-state index contributed by atoms with van der Waals surface area (Å²) in [6.45, 7) is 4.42. The second kappa shape index (κ2) is 9.61. The van der Waals surface area contributed by atoms with Gasteiger partial charge in [-0.05, 0) is 79.1 Å². The molecule has 1 unspecified atom stereocenters. The normalized spacial score (nSPS) is 17.3. The number of halogens is 1. The molecular weight excluding hydrogens is 454 g/mol. The summed E-state index contributed by atoms with van der Waals surface area (Å²) in [7, 11) is 0. The second-order valence-corrected chi connectivity index (χ2v) is 8.51. The Hall–Kier alpha value is -3.77. The molecule has 0 bridgehead atoms. The highest BCUT2D eigenvalue weighted by molar-refractivity contribution is 6.51. The molecule has 34 heavy (non-hydrogen) atoms. The van der Waals surface area contributed by atoms with Gasteiger partial charge in [0.15, 0.2) is 0 Å². The third kappa shape index (κ3) is 4.37. The molecule has 1 atom stereocenters. The van der Waals surface area contributed by atoms with Crippen molar-refractivity contribution in [2.24, 2.45) is 0 Å². The maximum atomic E-state index is 13.2. The van der Waals surface area contributed by atoms with Crippen molar-refractivity contribution in [3.63, 3.8) is 0 Å². The number of Topliss-reactive ketones (excluding diaryl/α,β-unsaturated/α-hetero) is 1. The van der Waals surface area contributed by atoms with Gasteiger partial charge in [0.1, 0.15) is 17.3 Å². The molecule has 6 nitrogen and oxygen atoms in total. The van der Waals surface area contributed by atoms with E-state index in [1.165, 1.54) is 17.0 Å². The van der Waals surface area contributed by atoms with Crippen LogP contribution in [0, 0.1) is 6.92 Å². The molecule has 1 aliphatic heterocycles. The van der Waals surface area contributed by atoms with E-state index in [0.717, 1.165) is 12.0 Å². The van der Waals surface area contributed by atoms with Gasteiger partial charge in [-0.2, -0.15) is 0 Å². The Morgan fingerprint density at radius 1 is 1.06 bits per heavy atom. The van der Waals surface area contributed by atoms with Crippen LogP contribution in [0.3, 0.4) is 0 Å². The Morgan fingerprint density at radius 3 is 2.44 bits per heavy atom. The predicted molar refractivity (Wildman–Crippen MR) is 131 cm³/mol. The number of anilines is 1. The average Bonchev–Trinajstić information content (AvgIpc) is 3.09. The van der Waals surface area contributed by atoms with E-state index in [1.54, 1.807) is 54.6 Å². The first-order chi connectivity index (χ1) is 16.3. The summed E-state index contributed by atoms with van der Waals surface area (Å²) < 4.78 is 5.71. The number of hydrogen-bond donors (Lipinski definition) is 2. The van der Waals surface area contributed by atoms with E-state index in [9.17, 15) is 19.8 Å². The number of hydrogen-bond acceptors (Lipinski definition) is 5. The lowest BCUT2D eigenvalue weighted by molar-refractivity contribution is -0.132. The van der Waals surface area contributed by atoms with Gasteiger partial charge in [0.2, 0.25) is 0 Å². The minimum atomic E-state index is -0.940. The zero-order valence-electron chi connectivity index (χ0n) is 18.8. The van der Waals surface area contributed by atoms with Crippen LogP contribution in [0.5, 0.6) is 11.5 Å². The van der Waals surface area contributed by atoms with Crippen molar-refractivity contribution in [2.75, 3.05) is 11.5 Å². The van der Waals surface area contributed by atoms with Crippen molar-refractivity contribution in [3.05, 3.63) is 94.0 Å². The molecule has 4 rings (SSSR count). The number of ketones is 1. The Morgan fingerprint density at radius 2 is 1.79 bits per heavy atom. The Kier molecular flexibility index (Phi) is 6.61. The summed E-state index contributed by atoms with van der Waals surface area (Å²) in [5.41, 5.74) is 2.04. The van der Waals surface area contributed by atoms with Gasteiger partial charge in [0, 0.05) is 16.3 Å². The quantitative estimate of drug-likeness (QED) is 0.267. The molecule has 174 valence electrons. The lowest BCUT2D eigenvalue weighted by atomic mass is 9.94. The van der Waals surface area contributed by atoms with Crippen molar-refractivity contribution in [1.29, 1.82) is 0 Å². The molecule has 0 aliphatic carbocycles. The average molecular weight is 478 g/mol. The maximum absolute atomic E-state index is 13.2. The first-order valence-electron chi connectivity index (χ1n) is 10.9. The smallest absolute Gasteiger partial charge is 0.300 e. The fourth-order valence-electron chi connectivity index (χ4n) is 4.04. The number of rotatable bonds is 6. The first kappa shape index (κ1) is 23.4. The Balaban J connectivity index is 1.88. The molecular formula is C27H24ClNO5. The summed E-state index contributed by atoms with van der Waals surface area (Å²) in [6.07, 6.45) is 0.860. The van der Waals surface area contributed by atoms with E-state index in [2.05, 4.69) is 0 Å². The van der Waals surface area contributed by atoms with Gasteiger partial charge < -0.3 is 14.9 Å². The molecule has 2 N–H and O–H groups in total. The number of aryl methyl sites for hydroxylation is 1. The van der Waals surface area contributed by atoms with E-state index in [1.807, 2.05) is 13.8 Å². The Bertz CT molecular complexity index is 1280. The highest BCUT2D eigenvalue weighted by atomic mass is 35.5. The fraction of sp³-hybridized carbons (Fsp3) is 0.185. The predicted octanol–water partition coefficient (Wildman–Crippen LogP) is 5.77. The standard InChI is InChI=1S/C27H24ClNO5/c1-3-13-34-22-12-7-18(14-16(22)2)25(31)23-24(17-5-4-6-21(30)15-17)29(27(33)26(23)32)20-10-8-19(28)9-11-20/h4-12,14-15,24,30-31H,3,13H2,1-2H3/b25-23-. The highest BCUT2D eigenvalue weighted by Gasteiger charge is 2.47. The van der Waals surface area contributed by atoms with Gasteiger partial charge in [0.05, 0.1) is 18.2 Å². The number of aliphatic hydroxyl groups excluding tert-OH is 1. The number of aliphatic hydroxyl groups is 1. The lowest BCUT2D eigenvalue weighted by Crippen LogP contribution is -2.29. The van der Waals surface area contributed by atoms with Crippen LogP contribution < -0.4 is 9.64 Å². The number of carbonyl (C=O) groups excluding carboxylic acids is 2. The van der Waals surface area contributed by atoms with Crippen LogP contribution in [-0.2, 0) is 9.59 Å². The molecule has 1 amide bonds. The number of aromatic hydroxyl groups is 1. The molecule has 0 spiro atoms. The summed E-state index contributed by atoms with van der Waals surface area (Å²) in [4.78, 5) is 27.7. The van der Waals surface area contributed by atoms with Crippen molar-refractivity contribution in [3.8, 4) is 11.5 Å². The van der Waals surface area contributed by atoms with E-state index in [0.29, 0.717) is 34.2 Å². The van der Waals surface area contributed by atoms with Crippen molar-refractivity contribution < 1.29 is 24.5 Å². The molecule has 1 heterocycles. The number of nitrogens with zero attached hydrogens (tertiary/aromatic N) is 1. The SMILES string of the molecule is CCCOc1ccc(/C(O)=C2/C(=O)C(=O)N(c3ccc(Cl)cc3)C2c2cccc(O)c2)cc1C. The second-order valence-electron chi connectivity index (χ2n) is 8.07. The van der Waals surface area contributed by atoms with E-state index in [4.69, 9.17) is 16.3 Å². The van der Waals surface area contributed by atoms with Crippen molar-refractivity contribution >= 4 is 34.7 Å². The Labute approximate surface area is 202 Å². The van der Waals surface area contributed by atoms with Crippen molar-refractivity contribution in [2.45, 2.75) is 26.3 Å². The van der Waals surface area contributed by atoms with Crippen LogP contribution in [0.1, 0.15) is 36.1 Å². The zero-order chi connectivity index (χ0) is 24.4. The third-order valence-electron chi connectivity index (χ3n) is 5.65. The molecule has 7 heteroatoms. The fourth-order valence-corrected chi connectivity index (χ4v) is 4.16. The van der Waals surface area contributed by atoms with Crippen LogP contribution >= 0.6 is 11.6 Å². The molecule has 0 saturated carbocycles. The topological polar surface area (TPSA) is 87.1 Å². The molecule has 0 aromatic heterocycles.